The van der Waals surface area contributed by atoms with E-state index in [4.69, 9.17) is 14.2 Å². The molecule has 120 valence electrons. The van der Waals surface area contributed by atoms with Crippen molar-refractivity contribution in [3.8, 4) is 17.2 Å². The first-order valence-corrected chi connectivity index (χ1v) is 7.12. The van der Waals surface area contributed by atoms with Crippen LogP contribution < -0.4 is 14.2 Å². The number of hydrogen-bond acceptors (Lipinski definition) is 4. The third kappa shape index (κ3) is 4.78. The lowest BCUT2D eigenvalue weighted by Crippen LogP contribution is -2.07. The zero-order valence-corrected chi connectivity index (χ0v) is 13.0. The highest BCUT2D eigenvalue weighted by molar-refractivity contribution is 5.90. The number of ether oxygens (including phenoxy) is 3. The first kappa shape index (κ1) is 16.4. The van der Waals surface area contributed by atoms with Crippen LogP contribution in [0.4, 0.5) is 0 Å². The summed E-state index contributed by atoms with van der Waals surface area (Å²) < 4.78 is 15.8. The van der Waals surface area contributed by atoms with Gasteiger partial charge in [0.25, 0.3) is 0 Å². The molecule has 0 heterocycles. The first-order valence-electron chi connectivity index (χ1n) is 7.12. The lowest BCUT2D eigenvalue weighted by atomic mass is 10.2. The van der Waals surface area contributed by atoms with Crippen molar-refractivity contribution < 1.29 is 24.1 Å². The van der Waals surface area contributed by atoms with Gasteiger partial charge in [0.1, 0.15) is 17.2 Å². The van der Waals surface area contributed by atoms with Crippen LogP contribution in [0.3, 0.4) is 0 Å². The van der Waals surface area contributed by atoms with Gasteiger partial charge in [-0.05, 0) is 55.0 Å². The third-order valence-electron chi connectivity index (χ3n) is 2.99. The predicted molar refractivity (Wildman–Crippen MR) is 86.8 cm³/mol. The van der Waals surface area contributed by atoms with Crippen molar-refractivity contribution in [1.29, 1.82) is 0 Å². The number of rotatable bonds is 7. The Bertz CT molecular complexity index is 672. The fraction of sp³-hybridized carbons (Fsp3) is 0.167. The molecule has 5 nitrogen and oxygen atoms in total. The van der Waals surface area contributed by atoms with E-state index in [1.165, 1.54) is 6.08 Å². The van der Waals surface area contributed by atoms with E-state index in [1.807, 2.05) is 6.92 Å². The molecule has 0 saturated heterocycles. The maximum absolute atomic E-state index is 11.4. The molecule has 0 atom stereocenters. The number of carbonyl (C=O) groups is 1. The number of carboxylic acids is 1. The van der Waals surface area contributed by atoms with Crippen molar-refractivity contribution in [3.63, 3.8) is 0 Å². The second-order valence-corrected chi connectivity index (χ2v) is 4.59. The summed E-state index contributed by atoms with van der Waals surface area (Å²) in [4.78, 5) is 11.4. The van der Waals surface area contributed by atoms with Gasteiger partial charge < -0.3 is 19.3 Å². The Morgan fingerprint density at radius 3 is 2.09 bits per heavy atom. The van der Waals surface area contributed by atoms with Crippen molar-refractivity contribution in [1.82, 2.24) is 0 Å². The number of aliphatic carboxylic acids is 1. The van der Waals surface area contributed by atoms with Crippen molar-refractivity contribution in [3.05, 3.63) is 59.9 Å². The molecule has 2 rings (SSSR count). The molecular formula is C18H18O5. The van der Waals surface area contributed by atoms with Gasteiger partial charge in [0.15, 0.2) is 0 Å². The van der Waals surface area contributed by atoms with E-state index in [9.17, 15) is 9.90 Å². The molecule has 0 aliphatic rings. The van der Waals surface area contributed by atoms with Gasteiger partial charge in [-0.25, -0.2) is 4.79 Å². The molecule has 0 radical (unpaired) electrons. The molecule has 1 N–H and O–H groups in total. The number of carboxylic acid groups (broad SMARTS) is 1. The fourth-order valence-corrected chi connectivity index (χ4v) is 1.88. The van der Waals surface area contributed by atoms with Crippen molar-refractivity contribution >= 4 is 12.0 Å². The normalized spacial score (nSPS) is 11.0. The first-order chi connectivity index (χ1) is 11.1. The van der Waals surface area contributed by atoms with Crippen LogP contribution >= 0.6 is 0 Å². The van der Waals surface area contributed by atoms with Crippen molar-refractivity contribution in [2.24, 2.45) is 0 Å². The van der Waals surface area contributed by atoms with Crippen LogP contribution in [0.15, 0.2) is 54.3 Å². The van der Waals surface area contributed by atoms with Crippen molar-refractivity contribution in [2.45, 2.75) is 6.92 Å². The van der Waals surface area contributed by atoms with Crippen LogP contribution in [0.25, 0.3) is 6.08 Å². The topological polar surface area (TPSA) is 65.0 Å². The van der Waals surface area contributed by atoms with Gasteiger partial charge in [0, 0.05) is 0 Å². The fourth-order valence-electron chi connectivity index (χ4n) is 1.88. The SMILES string of the molecule is CCOc1ccc(C=C(Oc2ccc(OC)cc2)C(=O)O)cc1. The van der Waals surface area contributed by atoms with Crippen LogP contribution in [0.1, 0.15) is 12.5 Å². The van der Waals surface area contributed by atoms with E-state index < -0.39 is 5.97 Å². The number of methoxy groups -OCH3 is 1. The molecule has 0 aromatic heterocycles. The quantitative estimate of drug-likeness (QED) is 0.625. The molecule has 0 bridgehead atoms. The molecule has 2 aromatic carbocycles. The maximum atomic E-state index is 11.4. The minimum atomic E-state index is -1.14. The summed E-state index contributed by atoms with van der Waals surface area (Å²) >= 11 is 0. The van der Waals surface area contributed by atoms with Gasteiger partial charge >= 0.3 is 5.97 Å². The van der Waals surface area contributed by atoms with Gasteiger partial charge in [0.2, 0.25) is 5.76 Å². The molecule has 23 heavy (non-hydrogen) atoms. The van der Waals surface area contributed by atoms with Crippen LogP contribution in [0, 0.1) is 0 Å². The van der Waals surface area contributed by atoms with E-state index in [2.05, 4.69) is 0 Å². The van der Waals surface area contributed by atoms with Gasteiger partial charge in [-0.2, -0.15) is 0 Å². The van der Waals surface area contributed by atoms with Gasteiger partial charge in [0.05, 0.1) is 13.7 Å². The summed E-state index contributed by atoms with van der Waals surface area (Å²) in [7, 11) is 1.56. The molecule has 2 aromatic rings. The Labute approximate surface area is 134 Å². The molecule has 0 spiro atoms. The van der Waals surface area contributed by atoms with Crippen molar-refractivity contribution in [2.75, 3.05) is 13.7 Å². The van der Waals surface area contributed by atoms with Gasteiger partial charge in [-0.15, -0.1) is 0 Å². The second-order valence-electron chi connectivity index (χ2n) is 4.59. The molecule has 5 heteroatoms. The molecule has 0 fully saturated rings. The monoisotopic (exact) mass is 314 g/mol. The Morgan fingerprint density at radius 2 is 1.57 bits per heavy atom. The maximum Gasteiger partial charge on any atom is 0.371 e. The average Bonchev–Trinajstić information content (AvgIpc) is 2.57. The number of hydrogen-bond donors (Lipinski definition) is 1. The Balaban J connectivity index is 2.17. The average molecular weight is 314 g/mol. The standard InChI is InChI=1S/C18H18O5/c1-3-22-15-6-4-13(5-7-15)12-17(18(19)20)23-16-10-8-14(21-2)9-11-16/h4-12H,3H2,1-2H3,(H,19,20). The van der Waals surface area contributed by atoms with E-state index in [-0.39, 0.29) is 5.76 Å². The minimum absolute atomic E-state index is 0.167. The predicted octanol–water partition coefficient (Wildman–Crippen LogP) is 3.60. The van der Waals surface area contributed by atoms with E-state index in [0.717, 1.165) is 5.75 Å². The van der Waals surface area contributed by atoms with Crippen LogP contribution in [-0.4, -0.2) is 24.8 Å². The van der Waals surface area contributed by atoms with E-state index >= 15 is 0 Å². The summed E-state index contributed by atoms with van der Waals surface area (Å²) in [6.07, 6.45) is 1.46. The smallest absolute Gasteiger partial charge is 0.371 e. The lowest BCUT2D eigenvalue weighted by molar-refractivity contribution is -0.134. The molecular weight excluding hydrogens is 296 g/mol. The van der Waals surface area contributed by atoms with Gasteiger partial charge in [-0.1, -0.05) is 12.1 Å². The highest BCUT2D eigenvalue weighted by atomic mass is 16.5. The largest absolute Gasteiger partial charge is 0.497 e. The summed E-state index contributed by atoms with van der Waals surface area (Å²) in [5, 5.41) is 9.29. The highest BCUT2D eigenvalue weighted by Crippen LogP contribution is 2.21. The molecule has 0 saturated carbocycles. The molecule has 0 unspecified atom stereocenters. The zero-order chi connectivity index (χ0) is 16.7. The summed E-state index contributed by atoms with van der Waals surface area (Å²) in [5.41, 5.74) is 0.708. The van der Waals surface area contributed by atoms with E-state index in [1.54, 1.807) is 55.6 Å². The lowest BCUT2D eigenvalue weighted by Gasteiger charge is -2.08. The van der Waals surface area contributed by atoms with Crippen LogP contribution in [0.2, 0.25) is 0 Å². The van der Waals surface area contributed by atoms with E-state index in [0.29, 0.717) is 23.7 Å². The molecule has 0 aliphatic carbocycles. The number of benzene rings is 2. The minimum Gasteiger partial charge on any atom is -0.497 e. The van der Waals surface area contributed by atoms with Crippen LogP contribution in [0.5, 0.6) is 17.2 Å². The third-order valence-corrected chi connectivity index (χ3v) is 2.99. The summed E-state index contributed by atoms with van der Waals surface area (Å²) in [5.74, 6) is 0.515. The Morgan fingerprint density at radius 1 is 1.00 bits per heavy atom. The zero-order valence-electron chi connectivity index (χ0n) is 13.0. The Kier molecular flexibility index (Phi) is 5.63. The van der Waals surface area contributed by atoms with Gasteiger partial charge in [-0.3, -0.25) is 0 Å². The molecule has 0 aliphatic heterocycles. The summed E-state index contributed by atoms with van der Waals surface area (Å²) in [6, 6.07) is 13.8. The second kappa shape index (κ2) is 7.89. The highest BCUT2D eigenvalue weighted by Gasteiger charge is 2.10. The summed E-state index contributed by atoms with van der Waals surface area (Å²) in [6.45, 7) is 2.48. The molecule has 0 amide bonds. The Hall–Kier alpha value is -2.95. The van der Waals surface area contributed by atoms with Crippen LogP contribution in [-0.2, 0) is 4.79 Å².